The molecule has 0 aliphatic carbocycles. The molecule has 0 saturated carbocycles. The van der Waals surface area contributed by atoms with E-state index < -0.39 is 5.97 Å². The maximum Gasteiger partial charge on any atom is 0.360 e. The van der Waals surface area contributed by atoms with Crippen molar-refractivity contribution in [1.29, 1.82) is 0 Å². The highest BCUT2D eigenvalue weighted by molar-refractivity contribution is 7.13. The molecule has 6 nitrogen and oxygen atoms in total. The van der Waals surface area contributed by atoms with E-state index in [1.807, 2.05) is 41.8 Å². The molecule has 7 heteroatoms. The molecular weight excluding hydrogens is 312 g/mol. The van der Waals surface area contributed by atoms with Crippen LogP contribution in [0.15, 0.2) is 53.2 Å². The van der Waals surface area contributed by atoms with E-state index in [2.05, 4.69) is 20.5 Å². The first-order chi connectivity index (χ1) is 11.3. The van der Waals surface area contributed by atoms with Crippen LogP contribution in [0.4, 0.5) is 5.82 Å². The maximum absolute atomic E-state index is 12.1. The van der Waals surface area contributed by atoms with Crippen LogP contribution in [-0.4, -0.2) is 28.3 Å². The van der Waals surface area contributed by atoms with Gasteiger partial charge in [-0.2, -0.15) is 5.10 Å². The third-order valence-corrected chi connectivity index (χ3v) is 3.92. The van der Waals surface area contributed by atoms with Gasteiger partial charge in [-0.05, 0) is 30.5 Å². The second-order valence-corrected chi connectivity index (χ2v) is 5.46. The second kappa shape index (κ2) is 6.97. The van der Waals surface area contributed by atoms with Gasteiger partial charge in [0.25, 0.3) is 0 Å². The Hall–Kier alpha value is -2.80. The number of para-hydroxylation sites is 1. The van der Waals surface area contributed by atoms with Crippen LogP contribution < -0.4 is 5.43 Å². The van der Waals surface area contributed by atoms with Gasteiger partial charge in [-0.15, -0.1) is 11.3 Å². The number of carbonyl (C=O) groups excluding carboxylic acids is 1. The van der Waals surface area contributed by atoms with Crippen molar-refractivity contribution in [2.75, 3.05) is 12.0 Å². The van der Waals surface area contributed by atoms with Gasteiger partial charge in [0.1, 0.15) is 6.33 Å². The molecule has 116 valence electrons. The van der Waals surface area contributed by atoms with Crippen LogP contribution in [0.1, 0.15) is 11.8 Å². The summed E-state index contributed by atoms with van der Waals surface area (Å²) in [6, 6.07) is 11.2. The van der Waals surface area contributed by atoms with E-state index in [-0.39, 0.29) is 5.71 Å². The molecule has 0 unspecified atom stereocenters. The van der Waals surface area contributed by atoms with Crippen molar-refractivity contribution in [1.82, 2.24) is 9.97 Å². The molecule has 1 aromatic carbocycles. The van der Waals surface area contributed by atoms with Crippen molar-refractivity contribution in [3.63, 3.8) is 0 Å². The number of hydrazone groups is 1. The van der Waals surface area contributed by atoms with Crippen LogP contribution in [0.3, 0.4) is 0 Å². The molecule has 2 aromatic heterocycles. The Morgan fingerprint density at radius 1 is 1.26 bits per heavy atom. The number of nitrogens with zero attached hydrogens (tertiary/aromatic N) is 3. The van der Waals surface area contributed by atoms with Gasteiger partial charge in [0, 0.05) is 5.39 Å². The SMILES string of the molecule is CCOC(=O)C(=NNc1ncnc2ccccc12)c1cccs1. The van der Waals surface area contributed by atoms with E-state index in [1.165, 1.54) is 17.7 Å². The summed E-state index contributed by atoms with van der Waals surface area (Å²) in [4.78, 5) is 21.2. The predicted octanol–water partition coefficient (Wildman–Crippen LogP) is 3.07. The Kier molecular flexibility index (Phi) is 4.58. The average molecular weight is 326 g/mol. The summed E-state index contributed by atoms with van der Waals surface area (Å²) < 4.78 is 5.07. The van der Waals surface area contributed by atoms with Gasteiger partial charge in [0.2, 0.25) is 0 Å². The summed E-state index contributed by atoms with van der Waals surface area (Å²) in [5.74, 6) is 0.0646. The van der Waals surface area contributed by atoms with E-state index in [9.17, 15) is 4.79 Å². The molecule has 0 amide bonds. The highest BCUT2D eigenvalue weighted by atomic mass is 32.1. The Bertz CT molecular complexity index is 841. The summed E-state index contributed by atoms with van der Waals surface area (Å²) in [6.45, 7) is 2.05. The molecule has 0 bridgehead atoms. The number of anilines is 1. The molecule has 23 heavy (non-hydrogen) atoms. The number of nitrogens with one attached hydrogen (secondary N) is 1. The van der Waals surface area contributed by atoms with Crippen LogP contribution in [0, 0.1) is 0 Å². The summed E-state index contributed by atoms with van der Waals surface area (Å²) >= 11 is 1.42. The molecule has 3 rings (SSSR count). The monoisotopic (exact) mass is 326 g/mol. The Morgan fingerprint density at radius 3 is 2.91 bits per heavy atom. The van der Waals surface area contributed by atoms with Crippen molar-refractivity contribution in [2.45, 2.75) is 6.92 Å². The van der Waals surface area contributed by atoms with E-state index in [0.29, 0.717) is 12.4 Å². The first kappa shape index (κ1) is 15.1. The van der Waals surface area contributed by atoms with Gasteiger partial charge in [-0.1, -0.05) is 18.2 Å². The largest absolute Gasteiger partial charge is 0.461 e. The number of fused-ring (bicyclic) bond motifs is 1. The first-order valence-electron chi connectivity index (χ1n) is 7.04. The number of aromatic nitrogens is 2. The average Bonchev–Trinajstić information content (AvgIpc) is 3.10. The lowest BCUT2D eigenvalue weighted by molar-refractivity contribution is -0.134. The number of hydrogen-bond donors (Lipinski definition) is 1. The van der Waals surface area contributed by atoms with Crippen LogP contribution in [0.2, 0.25) is 0 Å². The van der Waals surface area contributed by atoms with E-state index >= 15 is 0 Å². The molecule has 0 saturated heterocycles. The van der Waals surface area contributed by atoms with E-state index in [1.54, 1.807) is 6.92 Å². The number of carbonyl (C=O) groups is 1. The molecule has 0 aliphatic heterocycles. The fraction of sp³-hybridized carbons (Fsp3) is 0.125. The number of thiophene rings is 1. The van der Waals surface area contributed by atoms with Crippen molar-refractivity contribution in [2.24, 2.45) is 5.10 Å². The normalized spacial score (nSPS) is 11.4. The summed E-state index contributed by atoms with van der Waals surface area (Å²) in [7, 11) is 0. The third kappa shape index (κ3) is 3.35. The third-order valence-electron chi connectivity index (χ3n) is 3.04. The fourth-order valence-corrected chi connectivity index (χ4v) is 2.72. The van der Waals surface area contributed by atoms with E-state index in [0.717, 1.165) is 15.8 Å². The maximum atomic E-state index is 12.1. The topological polar surface area (TPSA) is 76.5 Å². The number of benzene rings is 1. The van der Waals surface area contributed by atoms with Gasteiger partial charge in [0.15, 0.2) is 11.5 Å². The molecule has 3 aromatic rings. The highest BCUT2D eigenvalue weighted by Gasteiger charge is 2.17. The molecule has 0 fully saturated rings. The number of hydrogen-bond acceptors (Lipinski definition) is 7. The van der Waals surface area contributed by atoms with Gasteiger partial charge >= 0.3 is 5.97 Å². The zero-order valence-electron chi connectivity index (χ0n) is 12.4. The van der Waals surface area contributed by atoms with Crippen LogP contribution in [-0.2, 0) is 9.53 Å². The molecule has 2 heterocycles. The standard InChI is InChI=1S/C16H14N4O2S/c1-2-22-16(21)14(13-8-5-9-23-13)19-20-15-11-6-3-4-7-12(11)17-10-18-15/h3-10H,2H2,1H3,(H,17,18,20). The Balaban J connectivity index is 1.95. The minimum absolute atomic E-state index is 0.226. The van der Waals surface area contributed by atoms with Crippen molar-refractivity contribution < 1.29 is 9.53 Å². The zero-order valence-corrected chi connectivity index (χ0v) is 13.2. The van der Waals surface area contributed by atoms with Crippen molar-refractivity contribution in [3.8, 4) is 0 Å². The zero-order chi connectivity index (χ0) is 16.1. The van der Waals surface area contributed by atoms with Crippen LogP contribution in [0.25, 0.3) is 10.9 Å². The van der Waals surface area contributed by atoms with Gasteiger partial charge in [0.05, 0.1) is 17.0 Å². The van der Waals surface area contributed by atoms with Crippen LogP contribution >= 0.6 is 11.3 Å². The van der Waals surface area contributed by atoms with Gasteiger partial charge < -0.3 is 4.74 Å². The van der Waals surface area contributed by atoms with Crippen LogP contribution in [0.5, 0.6) is 0 Å². The van der Waals surface area contributed by atoms with Crippen molar-refractivity contribution >= 4 is 39.7 Å². The summed E-state index contributed by atoms with van der Waals surface area (Å²) in [5, 5.41) is 6.92. The molecule has 0 radical (unpaired) electrons. The van der Waals surface area contributed by atoms with Crippen molar-refractivity contribution in [3.05, 3.63) is 53.0 Å². The summed E-state index contributed by atoms with van der Waals surface area (Å²) in [5.41, 5.74) is 3.88. The summed E-state index contributed by atoms with van der Waals surface area (Å²) in [6.07, 6.45) is 1.45. The Labute approximate surface area is 136 Å². The minimum Gasteiger partial charge on any atom is -0.461 e. The second-order valence-electron chi connectivity index (χ2n) is 4.51. The molecule has 0 atom stereocenters. The molecule has 0 aliphatic rings. The van der Waals surface area contributed by atoms with Gasteiger partial charge in [-0.25, -0.2) is 14.8 Å². The first-order valence-corrected chi connectivity index (χ1v) is 7.92. The quantitative estimate of drug-likeness (QED) is 0.443. The number of rotatable bonds is 5. The molecular formula is C16H14N4O2S. The van der Waals surface area contributed by atoms with E-state index in [4.69, 9.17) is 4.74 Å². The Morgan fingerprint density at radius 2 is 2.13 bits per heavy atom. The predicted molar refractivity (Wildman–Crippen MR) is 90.6 cm³/mol. The minimum atomic E-state index is -0.471. The molecule has 1 N–H and O–H groups in total. The number of ether oxygens (including phenoxy) is 1. The lowest BCUT2D eigenvalue weighted by Gasteiger charge is -2.07. The van der Waals surface area contributed by atoms with Gasteiger partial charge in [-0.3, -0.25) is 5.43 Å². The lowest BCUT2D eigenvalue weighted by atomic mass is 10.2. The highest BCUT2D eigenvalue weighted by Crippen LogP contribution is 2.19. The number of esters is 1. The smallest absolute Gasteiger partial charge is 0.360 e. The molecule has 0 spiro atoms. The fourth-order valence-electron chi connectivity index (χ4n) is 2.02. The lowest BCUT2D eigenvalue weighted by Crippen LogP contribution is -2.19.